The zero-order valence-electron chi connectivity index (χ0n) is 11.8. The number of nitrogens with one attached hydrogen (secondary N) is 1. The number of hydrogen-bond acceptors (Lipinski definition) is 2. The summed E-state index contributed by atoms with van der Waals surface area (Å²) in [5.74, 6) is 4.31. The first-order valence-corrected chi connectivity index (χ1v) is 7.65. The second-order valence-corrected chi connectivity index (χ2v) is 7.04. The number of halogens is 1. The van der Waals surface area contributed by atoms with Crippen LogP contribution >= 0.6 is 12.4 Å². The molecule has 3 nitrogen and oxygen atoms in total. The first-order valence-electron chi connectivity index (χ1n) is 7.65. The summed E-state index contributed by atoms with van der Waals surface area (Å²) >= 11 is 0. The predicted molar refractivity (Wildman–Crippen MR) is 79.0 cm³/mol. The van der Waals surface area contributed by atoms with Crippen LogP contribution in [0.15, 0.2) is 0 Å². The van der Waals surface area contributed by atoms with Crippen molar-refractivity contribution >= 4 is 18.3 Å². The maximum absolute atomic E-state index is 12.4. The molecule has 1 unspecified atom stereocenters. The molecule has 0 radical (unpaired) electrons. The molecule has 4 rings (SSSR count). The van der Waals surface area contributed by atoms with Crippen LogP contribution in [-0.4, -0.2) is 19.0 Å². The summed E-state index contributed by atoms with van der Waals surface area (Å²) in [4.78, 5) is 12.4. The largest absolute Gasteiger partial charge is 0.356 e. The van der Waals surface area contributed by atoms with Gasteiger partial charge in [-0.3, -0.25) is 4.79 Å². The molecule has 0 aromatic rings. The van der Waals surface area contributed by atoms with Gasteiger partial charge < -0.3 is 11.1 Å². The van der Waals surface area contributed by atoms with Gasteiger partial charge in [-0.25, -0.2) is 0 Å². The van der Waals surface area contributed by atoms with E-state index in [0.29, 0.717) is 36.1 Å². The van der Waals surface area contributed by atoms with Gasteiger partial charge in [-0.1, -0.05) is 6.92 Å². The number of nitrogens with two attached hydrogens (primary N) is 1. The minimum Gasteiger partial charge on any atom is -0.356 e. The summed E-state index contributed by atoms with van der Waals surface area (Å²) in [7, 11) is 0. The minimum absolute atomic E-state index is 0. The molecule has 19 heavy (non-hydrogen) atoms. The summed E-state index contributed by atoms with van der Waals surface area (Å²) in [5.41, 5.74) is 5.60. The molecule has 4 heteroatoms. The van der Waals surface area contributed by atoms with Gasteiger partial charge in [0.25, 0.3) is 0 Å². The summed E-state index contributed by atoms with van der Waals surface area (Å²) in [6, 6.07) is 0. The van der Waals surface area contributed by atoms with Gasteiger partial charge in [-0.2, -0.15) is 0 Å². The normalized spacial score (nSPS) is 40.6. The smallest absolute Gasteiger partial charge is 0.223 e. The molecule has 3 N–H and O–H groups in total. The Balaban J connectivity index is 0.00000133. The third-order valence-corrected chi connectivity index (χ3v) is 5.56. The van der Waals surface area contributed by atoms with Gasteiger partial charge in [0.1, 0.15) is 0 Å². The van der Waals surface area contributed by atoms with E-state index in [1.807, 2.05) is 0 Å². The molecule has 110 valence electrons. The van der Waals surface area contributed by atoms with Crippen molar-refractivity contribution in [2.45, 2.75) is 39.0 Å². The van der Waals surface area contributed by atoms with Crippen molar-refractivity contribution in [2.75, 3.05) is 13.1 Å². The average Bonchev–Trinajstić information content (AvgIpc) is 2.34. The molecule has 0 aromatic heterocycles. The van der Waals surface area contributed by atoms with Crippen molar-refractivity contribution < 1.29 is 4.79 Å². The average molecular weight is 287 g/mol. The summed E-state index contributed by atoms with van der Waals surface area (Å²) < 4.78 is 0. The maximum Gasteiger partial charge on any atom is 0.223 e. The molecule has 4 aliphatic carbocycles. The van der Waals surface area contributed by atoms with Crippen LogP contribution in [0.1, 0.15) is 39.0 Å². The Hall–Kier alpha value is -0.280. The molecule has 4 bridgehead atoms. The van der Waals surface area contributed by atoms with Gasteiger partial charge >= 0.3 is 0 Å². The molecule has 0 heterocycles. The minimum atomic E-state index is 0. The highest BCUT2D eigenvalue weighted by molar-refractivity contribution is 5.85. The molecule has 4 aliphatic rings. The van der Waals surface area contributed by atoms with Gasteiger partial charge in [0.2, 0.25) is 5.91 Å². The Morgan fingerprint density at radius 1 is 1.16 bits per heavy atom. The summed E-state index contributed by atoms with van der Waals surface area (Å²) in [6.07, 6.45) is 6.72. The van der Waals surface area contributed by atoms with Crippen molar-refractivity contribution in [2.24, 2.45) is 41.2 Å². The zero-order chi connectivity index (χ0) is 12.7. The van der Waals surface area contributed by atoms with E-state index in [-0.39, 0.29) is 12.4 Å². The topological polar surface area (TPSA) is 55.1 Å². The van der Waals surface area contributed by atoms with Crippen molar-refractivity contribution in [1.29, 1.82) is 0 Å². The van der Waals surface area contributed by atoms with E-state index in [1.165, 1.54) is 32.1 Å². The van der Waals surface area contributed by atoms with Crippen LogP contribution in [0, 0.1) is 35.5 Å². The highest BCUT2D eigenvalue weighted by atomic mass is 35.5. The molecule has 0 saturated heterocycles. The van der Waals surface area contributed by atoms with Gasteiger partial charge in [0.15, 0.2) is 0 Å². The van der Waals surface area contributed by atoms with Crippen molar-refractivity contribution in [3.05, 3.63) is 0 Å². The fourth-order valence-electron chi connectivity index (χ4n) is 4.83. The SMILES string of the molecule is CC(CN)CNC(=O)C1C2CC3CC(C2)CC1C3.Cl. The first kappa shape index (κ1) is 15.1. The first-order chi connectivity index (χ1) is 8.67. The maximum atomic E-state index is 12.4. The number of carbonyl (C=O) groups excluding carboxylic acids is 1. The summed E-state index contributed by atoms with van der Waals surface area (Å²) in [6.45, 7) is 3.50. The van der Waals surface area contributed by atoms with Crippen molar-refractivity contribution in [3.8, 4) is 0 Å². The Morgan fingerprint density at radius 3 is 2.16 bits per heavy atom. The van der Waals surface area contributed by atoms with Gasteiger partial charge in [0, 0.05) is 12.5 Å². The van der Waals surface area contributed by atoms with Crippen molar-refractivity contribution in [1.82, 2.24) is 5.32 Å². The molecule has 1 amide bonds. The lowest BCUT2D eigenvalue weighted by atomic mass is 9.51. The monoisotopic (exact) mass is 286 g/mol. The Bertz CT molecular complexity index is 306. The number of amides is 1. The van der Waals surface area contributed by atoms with E-state index < -0.39 is 0 Å². The van der Waals surface area contributed by atoms with E-state index in [0.717, 1.165) is 18.4 Å². The van der Waals surface area contributed by atoms with Gasteiger partial charge in [0.05, 0.1) is 0 Å². The second kappa shape index (κ2) is 6.01. The quantitative estimate of drug-likeness (QED) is 0.832. The van der Waals surface area contributed by atoms with Gasteiger partial charge in [-0.05, 0) is 68.2 Å². The van der Waals surface area contributed by atoms with Crippen LogP contribution in [0.3, 0.4) is 0 Å². The van der Waals surface area contributed by atoms with E-state index in [2.05, 4.69) is 12.2 Å². The van der Waals surface area contributed by atoms with Crippen LogP contribution in [0.25, 0.3) is 0 Å². The molecule has 1 atom stereocenters. The Labute approximate surface area is 122 Å². The highest BCUT2D eigenvalue weighted by Crippen LogP contribution is 2.56. The highest BCUT2D eigenvalue weighted by Gasteiger charge is 2.50. The third-order valence-electron chi connectivity index (χ3n) is 5.56. The zero-order valence-corrected chi connectivity index (χ0v) is 12.6. The lowest BCUT2D eigenvalue weighted by Crippen LogP contribution is -2.51. The van der Waals surface area contributed by atoms with Crippen LogP contribution in [0.5, 0.6) is 0 Å². The second-order valence-electron chi connectivity index (χ2n) is 7.04. The van der Waals surface area contributed by atoms with Crippen LogP contribution in [-0.2, 0) is 4.79 Å². The standard InChI is InChI=1S/C15H26N2O.ClH/c1-9(7-16)8-17-15(18)14-12-3-10-2-11(5-12)6-13(14)4-10;/h9-14H,2-8,16H2,1H3,(H,17,18);1H. The van der Waals surface area contributed by atoms with Crippen molar-refractivity contribution in [3.63, 3.8) is 0 Å². The lowest BCUT2D eigenvalue weighted by molar-refractivity contribution is -0.138. The molecule has 4 saturated carbocycles. The molecule has 0 spiro atoms. The fraction of sp³-hybridized carbons (Fsp3) is 0.933. The Morgan fingerprint density at radius 2 is 1.68 bits per heavy atom. The summed E-state index contributed by atoms with van der Waals surface area (Å²) in [5, 5.41) is 3.14. The molecule has 4 fully saturated rings. The Kier molecular flexibility index (Phi) is 4.78. The van der Waals surface area contributed by atoms with E-state index >= 15 is 0 Å². The van der Waals surface area contributed by atoms with E-state index in [1.54, 1.807) is 0 Å². The predicted octanol–water partition coefficient (Wildman–Crippen LogP) is 2.19. The van der Waals surface area contributed by atoms with Crippen LogP contribution in [0.4, 0.5) is 0 Å². The molecule has 0 aromatic carbocycles. The molecule has 0 aliphatic heterocycles. The number of rotatable bonds is 4. The van der Waals surface area contributed by atoms with E-state index in [9.17, 15) is 4.79 Å². The molecular formula is C15H27ClN2O. The van der Waals surface area contributed by atoms with Gasteiger partial charge in [-0.15, -0.1) is 12.4 Å². The third kappa shape index (κ3) is 2.92. The van der Waals surface area contributed by atoms with Crippen LogP contribution < -0.4 is 11.1 Å². The molecular weight excluding hydrogens is 260 g/mol. The van der Waals surface area contributed by atoms with E-state index in [4.69, 9.17) is 5.73 Å². The lowest BCUT2D eigenvalue weighted by Gasteiger charge is -2.53. The fourth-order valence-corrected chi connectivity index (χ4v) is 4.83. The van der Waals surface area contributed by atoms with Crippen LogP contribution in [0.2, 0.25) is 0 Å². The number of carbonyl (C=O) groups is 1. The number of hydrogen-bond donors (Lipinski definition) is 2.